The number of nitrogens with one attached hydrogen (secondary N) is 1. The van der Waals surface area contributed by atoms with Gasteiger partial charge in [-0.1, -0.05) is 0 Å². The van der Waals surface area contributed by atoms with Gasteiger partial charge in [0, 0.05) is 24.2 Å². The van der Waals surface area contributed by atoms with Crippen LogP contribution in [-0.4, -0.2) is 54.9 Å². The lowest BCUT2D eigenvalue weighted by molar-refractivity contribution is -0.178. The number of rotatable bonds is 6. The number of aromatic nitrogens is 1. The highest BCUT2D eigenvalue weighted by molar-refractivity contribution is 7.90. The normalized spacial score (nSPS) is 20.2. The second-order valence-electron chi connectivity index (χ2n) is 8.95. The smallest absolute Gasteiger partial charge is 0.347 e. The van der Waals surface area contributed by atoms with Crippen LogP contribution in [0, 0.1) is 17.6 Å². The molecule has 1 aliphatic carbocycles. The molecule has 2 fully saturated rings. The number of carbonyl (C=O) groups is 2. The highest BCUT2D eigenvalue weighted by Gasteiger charge is 2.61. The number of hydrogen-bond donors (Lipinski definition) is 1. The van der Waals surface area contributed by atoms with Gasteiger partial charge in [0.2, 0.25) is 5.91 Å². The van der Waals surface area contributed by atoms with Gasteiger partial charge in [0.1, 0.15) is 11.6 Å². The molecule has 1 aliphatic heterocycles. The summed E-state index contributed by atoms with van der Waals surface area (Å²) < 4.78 is 120. The first-order chi connectivity index (χ1) is 17.0. The lowest BCUT2D eigenvalue weighted by atomic mass is 9.93. The van der Waals surface area contributed by atoms with Crippen LogP contribution in [-0.2, 0) is 20.8 Å². The summed E-state index contributed by atoms with van der Waals surface area (Å²) in [5, 5.41) is 2.14. The number of amides is 2. The fourth-order valence-electron chi connectivity index (χ4n) is 4.08. The molecule has 2 atom stereocenters. The van der Waals surface area contributed by atoms with Crippen LogP contribution in [0.4, 0.5) is 30.7 Å². The second-order valence-corrected chi connectivity index (χ2v) is 11.0. The Kier molecular flexibility index (Phi) is 6.49. The molecule has 1 saturated heterocycles. The van der Waals surface area contributed by atoms with Crippen molar-refractivity contribution < 1.29 is 48.7 Å². The molecule has 37 heavy (non-hydrogen) atoms. The van der Waals surface area contributed by atoms with Crippen molar-refractivity contribution in [1.82, 2.24) is 15.2 Å². The van der Waals surface area contributed by atoms with E-state index in [0.717, 1.165) is 24.7 Å². The third-order valence-electron chi connectivity index (χ3n) is 6.11. The Labute approximate surface area is 205 Å². The highest BCUT2D eigenvalue weighted by Crippen LogP contribution is 2.44. The zero-order valence-corrected chi connectivity index (χ0v) is 19.6. The average Bonchev–Trinajstić information content (AvgIpc) is 3.61. The van der Waals surface area contributed by atoms with Crippen LogP contribution in [0.3, 0.4) is 0 Å². The molecule has 1 saturated carbocycles. The van der Waals surface area contributed by atoms with Crippen molar-refractivity contribution in [2.75, 3.05) is 12.8 Å². The molecule has 1 aromatic heterocycles. The first-order valence-corrected chi connectivity index (χ1v) is 12.6. The first-order valence-electron chi connectivity index (χ1n) is 10.7. The van der Waals surface area contributed by atoms with Crippen molar-refractivity contribution in [3.05, 3.63) is 58.9 Å². The minimum atomic E-state index is -5.18. The average molecular weight is 553 g/mol. The van der Waals surface area contributed by atoms with Gasteiger partial charge in [-0.15, -0.1) is 0 Å². The number of likely N-dealkylation sites (tertiary alicyclic amines) is 1. The Hall–Kier alpha value is -3.23. The molecule has 1 aromatic carbocycles. The number of carbonyl (C=O) groups excluding carboxylic acids is 2. The van der Waals surface area contributed by atoms with E-state index in [4.69, 9.17) is 0 Å². The molecule has 0 spiro atoms. The number of halogens is 7. The zero-order chi connectivity index (χ0) is 27.5. The van der Waals surface area contributed by atoms with E-state index in [2.05, 4.69) is 10.3 Å². The Morgan fingerprint density at radius 1 is 1.11 bits per heavy atom. The minimum absolute atomic E-state index is 0.0677. The van der Waals surface area contributed by atoms with E-state index in [9.17, 15) is 48.7 Å². The van der Waals surface area contributed by atoms with Crippen molar-refractivity contribution in [3.63, 3.8) is 0 Å². The van der Waals surface area contributed by atoms with E-state index >= 15 is 0 Å². The van der Waals surface area contributed by atoms with Crippen molar-refractivity contribution >= 4 is 21.7 Å². The molecule has 2 heterocycles. The predicted octanol–water partition coefficient (Wildman–Crippen LogP) is 3.51. The van der Waals surface area contributed by atoms with Gasteiger partial charge >= 0.3 is 6.18 Å². The Bertz CT molecular complexity index is 1380. The summed E-state index contributed by atoms with van der Waals surface area (Å²) >= 11 is 0. The van der Waals surface area contributed by atoms with Crippen molar-refractivity contribution in [3.8, 4) is 0 Å². The Morgan fingerprint density at radius 3 is 2.30 bits per heavy atom. The first kappa shape index (κ1) is 26.8. The number of pyridine rings is 1. The van der Waals surface area contributed by atoms with Gasteiger partial charge in [-0.05, 0) is 37.0 Å². The lowest BCUT2D eigenvalue weighted by Gasteiger charge is -2.46. The molecule has 2 aliphatic rings. The summed E-state index contributed by atoms with van der Waals surface area (Å²) in [6.45, 7) is -1.19. The fraction of sp³-hybridized carbons (Fsp3) is 0.409. The van der Waals surface area contributed by atoms with E-state index in [0.29, 0.717) is 17.7 Å². The van der Waals surface area contributed by atoms with Gasteiger partial charge in [-0.3, -0.25) is 14.6 Å². The van der Waals surface area contributed by atoms with Crippen LogP contribution < -0.4 is 5.32 Å². The van der Waals surface area contributed by atoms with E-state index in [1.165, 1.54) is 0 Å². The third kappa shape index (κ3) is 5.26. The van der Waals surface area contributed by atoms with Crippen LogP contribution in [0.1, 0.15) is 40.4 Å². The topological polar surface area (TPSA) is 96.4 Å². The molecule has 200 valence electrons. The molecular weight excluding hydrogens is 535 g/mol. The second kappa shape index (κ2) is 8.96. The summed E-state index contributed by atoms with van der Waals surface area (Å²) in [6.07, 6.45) is -1.75. The third-order valence-corrected chi connectivity index (χ3v) is 7.19. The van der Waals surface area contributed by atoms with Crippen LogP contribution in [0.15, 0.2) is 35.5 Å². The summed E-state index contributed by atoms with van der Waals surface area (Å²) in [5.41, 5.74) is -2.89. The summed E-state index contributed by atoms with van der Waals surface area (Å²) in [5.74, 6) is -10.1. The molecule has 0 bridgehead atoms. The van der Waals surface area contributed by atoms with Gasteiger partial charge in [-0.25, -0.2) is 26.0 Å². The van der Waals surface area contributed by atoms with Crippen molar-refractivity contribution in [1.29, 1.82) is 0 Å². The Balaban J connectivity index is 1.60. The standard InChI is InChI=1S/C22H18F7N3O4S/c1-37(35,36)12-4-11(7-30-8-12)20(34)32-9-21(25,26)18(32)19(33)31-17(10-2-3-10)13-5-16(24)14(6-15(13)23)22(27,28)29/h4-8,10,17-18H,2-3,9H2,1H3,(H,31,33)/t17?,18-/m0/s1. The van der Waals surface area contributed by atoms with E-state index in [1.807, 2.05) is 0 Å². The Morgan fingerprint density at radius 2 is 1.76 bits per heavy atom. The predicted molar refractivity (Wildman–Crippen MR) is 112 cm³/mol. The van der Waals surface area contributed by atoms with Gasteiger partial charge in [0.25, 0.3) is 11.8 Å². The van der Waals surface area contributed by atoms with E-state index < -0.39 is 81.1 Å². The van der Waals surface area contributed by atoms with Gasteiger partial charge in [-0.2, -0.15) is 13.2 Å². The lowest BCUT2D eigenvalue weighted by Crippen LogP contribution is -2.71. The SMILES string of the molecule is CS(=O)(=O)c1cncc(C(=O)N2CC(F)(F)[C@@H]2C(=O)NC(c2cc(F)c(C(F)(F)F)cc2F)C2CC2)c1. The molecule has 1 unspecified atom stereocenters. The highest BCUT2D eigenvalue weighted by atomic mass is 32.2. The molecule has 2 aromatic rings. The molecule has 0 radical (unpaired) electrons. The summed E-state index contributed by atoms with van der Waals surface area (Å²) in [6, 6.07) is -2.70. The van der Waals surface area contributed by atoms with Gasteiger partial charge in [0.05, 0.1) is 28.6 Å². The minimum Gasteiger partial charge on any atom is -0.347 e. The summed E-state index contributed by atoms with van der Waals surface area (Å²) in [7, 11) is -3.79. The van der Waals surface area contributed by atoms with Crippen molar-refractivity contribution in [2.24, 2.45) is 5.92 Å². The van der Waals surface area contributed by atoms with Crippen LogP contribution in [0.2, 0.25) is 0 Å². The molecule has 15 heteroatoms. The van der Waals surface area contributed by atoms with Crippen molar-refractivity contribution in [2.45, 2.75) is 41.9 Å². The van der Waals surface area contributed by atoms with E-state index in [1.54, 1.807) is 0 Å². The molecule has 1 N–H and O–H groups in total. The maximum absolute atomic E-state index is 14.6. The zero-order valence-electron chi connectivity index (χ0n) is 18.8. The fourth-order valence-corrected chi connectivity index (χ4v) is 4.67. The maximum Gasteiger partial charge on any atom is 0.419 e. The number of sulfone groups is 1. The van der Waals surface area contributed by atoms with Crippen LogP contribution in [0.5, 0.6) is 0 Å². The van der Waals surface area contributed by atoms with Gasteiger partial charge in [0.15, 0.2) is 15.9 Å². The molecular formula is C22H18F7N3O4S. The number of nitrogens with zero attached hydrogens (tertiary/aromatic N) is 2. The molecule has 2 amide bonds. The number of hydrogen-bond acceptors (Lipinski definition) is 5. The molecule has 7 nitrogen and oxygen atoms in total. The maximum atomic E-state index is 14.6. The summed E-state index contributed by atoms with van der Waals surface area (Å²) in [4.78, 5) is 29.4. The number of benzene rings is 1. The largest absolute Gasteiger partial charge is 0.419 e. The monoisotopic (exact) mass is 553 g/mol. The quantitative estimate of drug-likeness (QED) is 0.553. The van der Waals surface area contributed by atoms with Crippen LogP contribution in [0.25, 0.3) is 0 Å². The van der Waals surface area contributed by atoms with Crippen LogP contribution >= 0.6 is 0 Å². The van der Waals surface area contributed by atoms with Gasteiger partial charge < -0.3 is 10.2 Å². The van der Waals surface area contributed by atoms with E-state index in [-0.39, 0.29) is 22.6 Å². The molecule has 4 rings (SSSR count). The number of alkyl halides is 5.